The van der Waals surface area contributed by atoms with Crippen LogP contribution in [0.3, 0.4) is 0 Å². The van der Waals surface area contributed by atoms with E-state index in [1.165, 1.54) is 12.8 Å². The Bertz CT molecular complexity index is 158. The monoisotopic (exact) mass is 200 g/mol. The summed E-state index contributed by atoms with van der Waals surface area (Å²) in [6.45, 7) is 7.90. The topological polar surface area (TPSA) is 29.5 Å². The van der Waals surface area contributed by atoms with Crippen LogP contribution in [-0.4, -0.2) is 24.4 Å². The Kier molecular flexibility index (Phi) is 4.90. The van der Waals surface area contributed by atoms with Gasteiger partial charge in [0.25, 0.3) is 0 Å². The molecule has 0 aliphatic carbocycles. The van der Waals surface area contributed by atoms with Crippen LogP contribution in [0.4, 0.5) is 0 Å². The van der Waals surface area contributed by atoms with E-state index >= 15 is 0 Å². The molecule has 4 unspecified atom stereocenters. The molecule has 1 aliphatic rings. The quantitative estimate of drug-likeness (QED) is 0.738. The summed E-state index contributed by atoms with van der Waals surface area (Å²) in [7, 11) is 0. The van der Waals surface area contributed by atoms with Gasteiger partial charge in [0.05, 0.1) is 12.7 Å². The van der Waals surface area contributed by atoms with Crippen molar-refractivity contribution in [1.82, 2.24) is 0 Å². The van der Waals surface area contributed by atoms with E-state index in [1.54, 1.807) is 0 Å². The largest absolute Gasteiger partial charge is 0.396 e. The van der Waals surface area contributed by atoms with Gasteiger partial charge in [-0.2, -0.15) is 0 Å². The van der Waals surface area contributed by atoms with Crippen molar-refractivity contribution in [3.8, 4) is 0 Å². The van der Waals surface area contributed by atoms with Gasteiger partial charge in [0, 0.05) is 6.61 Å². The summed E-state index contributed by atoms with van der Waals surface area (Å²) in [5.41, 5.74) is 0. The van der Waals surface area contributed by atoms with Crippen LogP contribution in [0, 0.1) is 17.8 Å². The van der Waals surface area contributed by atoms with Crippen molar-refractivity contribution in [2.24, 2.45) is 17.8 Å². The molecule has 4 atom stereocenters. The molecule has 2 heteroatoms. The van der Waals surface area contributed by atoms with Crippen molar-refractivity contribution in [2.75, 3.05) is 13.2 Å². The van der Waals surface area contributed by atoms with Crippen molar-refractivity contribution in [2.45, 2.75) is 46.1 Å². The number of hydrogen-bond donors (Lipinski definition) is 1. The molecule has 0 bridgehead atoms. The summed E-state index contributed by atoms with van der Waals surface area (Å²) >= 11 is 0. The molecule has 2 nitrogen and oxygen atoms in total. The van der Waals surface area contributed by atoms with Crippen LogP contribution in [0.1, 0.15) is 40.0 Å². The van der Waals surface area contributed by atoms with E-state index in [4.69, 9.17) is 9.84 Å². The highest BCUT2D eigenvalue weighted by atomic mass is 16.5. The lowest BCUT2D eigenvalue weighted by molar-refractivity contribution is 0.0375. The molecule has 1 fully saturated rings. The highest BCUT2D eigenvalue weighted by Crippen LogP contribution is 2.36. The molecule has 0 amide bonds. The molecule has 1 N–H and O–H groups in total. The second-order valence-corrected chi connectivity index (χ2v) is 4.53. The fourth-order valence-corrected chi connectivity index (χ4v) is 2.69. The molecule has 0 saturated carbocycles. The molecule has 1 rings (SSSR count). The lowest BCUT2D eigenvalue weighted by atomic mass is 9.81. The normalized spacial score (nSPS) is 34.7. The van der Waals surface area contributed by atoms with Crippen molar-refractivity contribution in [3.05, 3.63) is 0 Å². The lowest BCUT2D eigenvalue weighted by Gasteiger charge is -2.25. The zero-order valence-corrected chi connectivity index (χ0v) is 9.70. The fraction of sp³-hybridized carbons (Fsp3) is 1.00. The first-order chi connectivity index (χ1) is 6.74. The predicted octanol–water partition coefficient (Wildman–Crippen LogP) is 2.46. The van der Waals surface area contributed by atoms with Crippen LogP contribution in [0.15, 0.2) is 0 Å². The Balaban J connectivity index is 2.52. The summed E-state index contributed by atoms with van der Waals surface area (Å²) in [5, 5.41) is 8.92. The van der Waals surface area contributed by atoms with Gasteiger partial charge >= 0.3 is 0 Å². The van der Waals surface area contributed by atoms with Crippen molar-refractivity contribution >= 4 is 0 Å². The zero-order valence-electron chi connectivity index (χ0n) is 9.70. The Labute approximate surface area is 87.7 Å². The number of rotatable bonds is 5. The first-order valence-corrected chi connectivity index (χ1v) is 5.97. The molecule has 0 aromatic heterocycles. The second-order valence-electron chi connectivity index (χ2n) is 4.53. The highest BCUT2D eigenvalue weighted by molar-refractivity contribution is 4.85. The van der Waals surface area contributed by atoms with Gasteiger partial charge in [-0.15, -0.1) is 0 Å². The zero-order chi connectivity index (χ0) is 10.6. The fourth-order valence-electron chi connectivity index (χ4n) is 2.69. The Hall–Kier alpha value is -0.0800. The third kappa shape index (κ3) is 2.48. The van der Waals surface area contributed by atoms with E-state index < -0.39 is 0 Å². The highest BCUT2D eigenvalue weighted by Gasteiger charge is 2.37. The minimum Gasteiger partial charge on any atom is -0.396 e. The third-order valence-electron chi connectivity index (χ3n) is 3.67. The van der Waals surface area contributed by atoms with Crippen LogP contribution >= 0.6 is 0 Å². The van der Waals surface area contributed by atoms with Gasteiger partial charge in [0.15, 0.2) is 0 Å². The van der Waals surface area contributed by atoms with Gasteiger partial charge in [0.1, 0.15) is 0 Å². The van der Waals surface area contributed by atoms with Crippen molar-refractivity contribution < 1.29 is 9.84 Å². The average molecular weight is 200 g/mol. The molecule has 0 aromatic rings. The summed E-state index contributed by atoms with van der Waals surface area (Å²) in [6, 6.07) is 0. The SMILES string of the molecule is CCC1COC(C(C)CCO)C1CC. The first-order valence-electron chi connectivity index (χ1n) is 5.97. The summed E-state index contributed by atoms with van der Waals surface area (Å²) < 4.78 is 5.86. The van der Waals surface area contributed by atoms with Gasteiger partial charge in [-0.1, -0.05) is 33.6 Å². The Morgan fingerprint density at radius 1 is 1.36 bits per heavy atom. The first kappa shape index (κ1) is 12.0. The van der Waals surface area contributed by atoms with E-state index in [1.807, 2.05) is 0 Å². The summed E-state index contributed by atoms with van der Waals surface area (Å²) in [4.78, 5) is 0. The third-order valence-corrected chi connectivity index (χ3v) is 3.67. The minimum atomic E-state index is 0.286. The van der Waals surface area contributed by atoms with Crippen LogP contribution in [0.5, 0.6) is 0 Å². The van der Waals surface area contributed by atoms with Crippen molar-refractivity contribution in [3.63, 3.8) is 0 Å². The van der Waals surface area contributed by atoms with Gasteiger partial charge in [0.2, 0.25) is 0 Å². The Morgan fingerprint density at radius 3 is 2.57 bits per heavy atom. The van der Waals surface area contributed by atoms with Gasteiger partial charge < -0.3 is 9.84 Å². The summed E-state index contributed by atoms with van der Waals surface area (Å²) in [5.74, 6) is 1.95. The van der Waals surface area contributed by atoms with Crippen LogP contribution in [-0.2, 0) is 4.74 Å². The lowest BCUT2D eigenvalue weighted by Crippen LogP contribution is -2.27. The van der Waals surface area contributed by atoms with E-state index in [9.17, 15) is 0 Å². The van der Waals surface area contributed by atoms with E-state index in [-0.39, 0.29) is 6.61 Å². The van der Waals surface area contributed by atoms with Crippen LogP contribution < -0.4 is 0 Å². The van der Waals surface area contributed by atoms with Gasteiger partial charge in [-0.05, 0) is 24.2 Å². The number of aliphatic hydroxyl groups is 1. The Morgan fingerprint density at radius 2 is 2.07 bits per heavy atom. The van der Waals surface area contributed by atoms with E-state index in [2.05, 4.69) is 20.8 Å². The van der Waals surface area contributed by atoms with E-state index in [0.29, 0.717) is 17.9 Å². The molecule has 0 aromatic carbocycles. The van der Waals surface area contributed by atoms with Gasteiger partial charge in [-0.3, -0.25) is 0 Å². The smallest absolute Gasteiger partial charge is 0.0633 e. The second kappa shape index (κ2) is 5.72. The molecule has 84 valence electrons. The predicted molar refractivity (Wildman–Crippen MR) is 58.2 cm³/mol. The number of hydrogen-bond acceptors (Lipinski definition) is 2. The molecule has 1 saturated heterocycles. The average Bonchev–Trinajstić information content (AvgIpc) is 2.60. The maximum Gasteiger partial charge on any atom is 0.0633 e. The maximum atomic E-state index is 8.92. The van der Waals surface area contributed by atoms with Crippen molar-refractivity contribution in [1.29, 1.82) is 0 Å². The molecule has 0 spiro atoms. The molecule has 1 heterocycles. The maximum absolute atomic E-state index is 8.92. The number of ether oxygens (including phenoxy) is 1. The summed E-state index contributed by atoms with van der Waals surface area (Å²) in [6.07, 6.45) is 3.69. The molecule has 0 radical (unpaired) electrons. The molecular formula is C12H24O2. The van der Waals surface area contributed by atoms with Crippen LogP contribution in [0.25, 0.3) is 0 Å². The molecular weight excluding hydrogens is 176 g/mol. The molecule has 1 aliphatic heterocycles. The minimum absolute atomic E-state index is 0.286. The van der Waals surface area contributed by atoms with E-state index in [0.717, 1.165) is 18.9 Å². The number of aliphatic hydroxyl groups excluding tert-OH is 1. The van der Waals surface area contributed by atoms with Crippen LogP contribution in [0.2, 0.25) is 0 Å². The molecule has 14 heavy (non-hydrogen) atoms. The standard InChI is InChI=1S/C12H24O2/c1-4-10-8-14-12(11(10)5-2)9(3)6-7-13/h9-13H,4-8H2,1-3H3. The van der Waals surface area contributed by atoms with Gasteiger partial charge in [-0.25, -0.2) is 0 Å².